The molecule has 28 heavy (non-hydrogen) atoms. The number of hydrogen-bond acceptors (Lipinski definition) is 3. The molecular weight excluding hydrogens is 367 g/mol. The highest BCUT2D eigenvalue weighted by molar-refractivity contribution is 5.82. The van der Waals surface area contributed by atoms with Crippen LogP contribution in [0, 0.1) is 22.7 Å². The molecule has 7 heteroatoms. The number of piperidine rings is 1. The van der Waals surface area contributed by atoms with Gasteiger partial charge in [-0.3, -0.25) is 4.79 Å². The maximum Gasteiger partial charge on any atom is 0.471 e. The molecule has 1 N–H and O–H groups in total. The fraction of sp³-hybridized carbons (Fsp3) is 0.619. The molecule has 0 unspecified atom stereocenters. The van der Waals surface area contributed by atoms with Crippen LogP contribution in [0.1, 0.15) is 37.3 Å². The molecule has 0 spiro atoms. The number of carbonyl (C=O) groups excluding carboxylic acids is 1. The first-order valence-corrected chi connectivity index (χ1v) is 9.77. The summed E-state index contributed by atoms with van der Waals surface area (Å²) in [4.78, 5) is 13.2. The summed E-state index contributed by atoms with van der Waals surface area (Å²) in [5.74, 6) is -1.58. The van der Waals surface area contributed by atoms with Gasteiger partial charge in [0.05, 0.1) is 12.5 Å². The highest BCUT2D eigenvalue weighted by Gasteiger charge is 2.52. The van der Waals surface area contributed by atoms with Crippen molar-refractivity contribution in [2.24, 2.45) is 11.3 Å². The summed E-state index contributed by atoms with van der Waals surface area (Å²) in [6.45, 7) is 3.51. The van der Waals surface area contributed by atoms with E-state index in [1.807, 2.05) is 31.2 Å². The lowest BCUT2D eigenvalue weighted by atomic mass is 9.73. The summed E-state index contributed by atoms with van der Waals surface area (Å²) in [5.41, 5.74) is 1.59. The molecule has 1 aromatic rings. The van der Waals surface area contributed by atoms with Crippen molar-refractivity contribution >= 4 is 5.91 Å². The third-order valence-corrected chi connectivity index (χ3v) is 6.03. The first kappa shape index (κ1) is 20.7. The van der Waals surface area contributed by atoms with Crippen LogP contribution in [0.25, 0.3) is 0 Å². The predicted octanol–water partition coefficient (Wildman–Crippen LogP) is 3.46. The Balaban J connectivity index is 1.81. The Morgan fingerprint density at radius 2 is 1.82 bits per heavy atom. The monoisotopic (exact) mass is 393 g/mol. The Morgan fingerprint density at radius 3 is 2.32 bits per heavy atom. The predicted molar refractivity (Wildman–Crippen MR) is 99.3 cm³/mol. The van der Waals surface area contributed by atoms with E-state index < -0.39 is 12.1 Å². The molecule has 0 radical (unpaired) electrons. The Labute approximate surface area is 163 Å². The van der Waals surface area contributed by atoms with Gasteiger partial charge in [-0.2, -0.15) is 18.4 Å². The van der Waals surface area contributed by atoms with Crippen molar-refractivity contribution in [2.75, 3.05) is 19.6 Å². The van der Waals surface area contributed by atoms with E-state index in [0.717, 1.165) is 42.0 Å². The lowest BCUT2D eigenvalue weighted by Gasteiger charge is -2.42. The van der Waals surface area contributed by atoms with Crippen LogP contribution in [0.15, 0.2) is 24.3 Å². The second-order valence-corrected chi connectivity index (χ2v) is 8.29. The van der Waals surface area contributed by atoms with E-state index in [1.54, 1.807) is 0 Å². The van der Waals surface area contributed by atoms with Crippen molar-refractivity contribution in [3.8, 4) is 6.07 Å². The molecule has 4 nitrogen and oxygen atoms in total. The number of carbonyl (C=O) groups is 1. The Hall–Kier alpha value is -2.07. The van der Waals surface area contributed by atoms with Crippen molar-refractivity contribution < 1.29 is 18.0 Å². The highest BCUT2D eigenvalue weighted by Crippen LogP contribution is 2.42. The number of benzene rings is 1. The zero-order valence-electron chi connectivity index (χ0n) is 16.1. The summed E-state index contributed by atoms with van der Waals surface area (Å²) in [6.07, 6.45) is -1.77. The Bertz CT molecular complexity index is 733. The first-order chi connectivity index (χ1) is 13.2. The van der Waals surface area contributed by atoms with Gasteiger partial charge in [-0.15, -0.1) is 0 Å². The minimum absolute atomic E-state index is 0.121. The van der Waals surface area contributed by atoms with Crippen LogP contribution in [0.5, 0.6) is 0 Å². The minimum atomic E-state index is -4.84. The molecule has 2 aliphatic rings. The van der Waals surface area contributed by atoms with E-state index in [1.165, 1.54) is 0 Å². The fourth-order valence-corrected chi connectivity index (χ4v) is 4.25. The van der Waals surface area contributed by atoms with Crippen LogP contribution in [0.3, 0.4) is 0 Å². The van der Waals surface area contributed by atoms with Gasteiger partial charge in [0.25, 0.3) is 0 Å². The number of hydrogen-bond donors (Lipinski definition) is 1. The van der Waals surface area contributed by atoms with E-state index in [4.69, 9.17) is 5.26 Å². The molecule has 1 saturated heterocycles. The zero-order chi connectivity index (χ0) is 20.4. The number of nitrogens with one attached hydrogen (secondary N) is 1. The maximum atomic E-state index is 13.2. The largest absolute Gasteiger partial charge is 0.471 e. The summed E-state index contributed by atoms with van der Waals surface area (Å²) in [6, 6.07) is 9.50. The summed E-state index contributed by atoms with van der Waals surface area (Å²) < 4.78 is 39.6. The molecular formula is C21H26F3N3O. The molecule has 0 aromatic heterocycles. The quantitative estimate of drug-likeness (QED) is 0.805. The Morgan fingerprint density at radius 1 is 1.25 bits per heavy atom. The second kappa shape index (κ2) is 8.12. The lowest BCUT2D eigenvalue weighted by molar-refractivity contribution is -0.188. The summed E-state index contributed by atoms with van der Waals surface area (Å²) >= 11 is 0. The van der Waals surface area contributed by atoms with Gasteiger partial charge in [0, 0.05) is 12.6 Å². The first-order valence-electron chi connectivity index (χ1n) is 9.77. The van der Waals surface area contributed by atoms with Gasteiger partial charge in [-0.25, -0.2) is 0 Å². The van der Waals surface area contributed by atoms with Gasteiger partial charge < -0.3 is 10.2 Å². The number of amides is 1. The van der Waals surface area contributed by atoms with Gasteiger partial charge >= 0.3 is 12.1 Å². The average Bonchev–Trinajstić information content (AvgIpc) is 3.37. The van der Waals surface area contributed by atoms with Crippen molar-refractivity contribution in [2.45, 2.75) is 51.2 Å². The van der Waals surface area contributed by atoms with Crippen LogP contribution in [0.4, 0.5) is 13.2 Å². The van der Waals surface area contributed by atoms with E-state index in [9.17, 15) is 18.0 Å². The zero-order valence-corrected chi connectivity index (χ0v) is 16.1. The molecule has 1 amide bonds. The molecule has 1 aliphatic heterocycles. The van der Waals surface area contributed by atoms with Crippen molar-refractivity contribution in [1.82, 2.24) is 10.2 Å². The van der Waals surface area contributed by atoms with Crippen LogP contribution in [-0.2, 0) is 17.6 Å². The number of halogens is 3. The number of nitrogens with zero attached hydrogens (tertiary/aromatic N) is 2. The number of nitriles is 1. The average molecular weight is 393 g/mol. The summed E-state index contributed by atoms with van der Waals surface area (Å²) in [7, 11) is 0. The molecule has 3 rings (SSSR count). The van der Waals surface area contributed by atoms with Crippen molar-refractivity contribution in [3.05, 3.63) is 35.4 Å². The maximum absolute atomic E-state index is 13.2. The van der Waals surface area contributed by atoms with Gasteiger partial charge in [0.1, 0.15) is 0 Å². The molecule has 0 bridgehead atoms. The van der Waals surface area contributed by atoms with Crippen LogP contribution >= 0.6 is 0 Å². The Kier molecular flexibility index (Phi) is 5.99. The molecule has 1 aliphatic carbocycles. The second-order valence-electron chi connectivity index (χ2n) is 8.29. The normalized spacial score (nSPS) is 23.7. The summed E-state index contributed by atoms with van der Waals surface area (Å²) in [5, 5.41) is 12.1. The van der Waals surface area contributed by atoms with Gasteiger partial charge in [0.15, 0.2) is 0 Å². The SMILES string of the molecule is C[C@@H]1C[C@H]1N(CC1(Cc2ccc(CC#N)cc2)CCNCC1)C(=O)C(F)(F)F. The van der Waals surface area contributed by atoms with Crippen molar-refractivity contribution in [3.63, 3.8) is 0 Å². The molecule has 152 valence electrons. The van der Waals surface area contributed by atoms with Crippen LogP contribution < -0.4 is 5.32 Å². The van der Waals surface area contributed by atoms with Crippen LogP contribution in [0.2, 0.25) is 0 Å². The van der Waals surface area contributed by atoms with E-state index in [2.05, 4.69) is 11.4 Å². The molecule has 1 saturated carbocycles. The van der Waals surface area contributed by atoms with Gasteiger partial charge in [-0.1, -0.05) is 31.2 Å². The van der Waals surface area contributed by atoms with E-state index in [-0.39, 0.29) is 23.9 Å². The van der Waals surface area contributed by atoms with Gasteiger partial charge in [-0.05, 0) is 61.2 Å². The highest BCUT2D eigenvalue weighted by atomic mass is 19.4. The van der Waals surface area contributed by atoms with E-state index in [0.29, 0.717) is 19.3 Å². The topological polar surface area (TPSA) is 56.1 Å². The third-order valence-electron chi connectivity index (χ3n) is 6.03. The number of alkyl halides is 3. The molecule has 1 aromatic carbocycles. The number of rotatable bonds is 6. The third kappa shape index (κ3) is 4.85. The molecule has 2 atom stereocenters. The fourth-order valence-electron chi connectivity index (χ4n) is 4.25. The molecule has 2 fully saturated rings. The standard InChI is InChI=1S/C21H26F3N3O/c1-15-12-18(15)27(19(28)21(22,23)24)14-20(7-10-26-11-8-20)13-17-4-2-16(3-5-17)6-9-25/h2-5,15,18,26H,6-8,10-14H2,1H3/t15-,18-/m1/s1. The smallest absolute Gasteiger partial charge is 0.331 e. The lowest BCUT2D eigenvalue weighted by Crippen LogP contribution is -2.51. The van der Waals surface area contributed by atoms with E-state index >= 15 is 0 Å². The molecule has 1 heterocycles. The van der Waals surface area contributed by atoms with Crippen LogP contribution in [-0.4, -0.2) is 42.7 Å². The van der Waals surface area contributed by atoms with Gasteiger partial charge in [0.2, 0.25) is 0 Å². The van der Waals surface area contributed by atoms with Crippen molar-refractivity contribution in [1.29, 1.82) is 5.26 Å². The minimum Gasteiger partial charge on any atom is -0.331 e.